The second-order valence-electron chi connectivity index (χ2n) is 5.45. The minimum absolute atomic E-state index is 0.0576. The highest BCUT2D eigenvalue weighted by molar-refractivity contribution is 7.18. The molecule has 1 aliphatic rings. The molecule has 0 bridgehead atoms. The van der Waals surface area contributed by atoms with E-state index >= 15 is 0 Å². The van der Waals surface area contributed by atoms with Crippen LogP contribution in [0.2, 0.25) is 4.34 Å². The summed E-state index contributed by atoms with van der Waals surface area (Å²) in [6.07, 6.45) is 7.71. The Morgan fingerprint density at radius 1 is 1.32 bits per heavy atom. The summed E-state index contributed by atoms with van der Waals surface area (Å²) in [5.74, 6) is 0.198. The molecular formula is C15H22ClNOS. The number of Topliss-reactive ketones (excluding diaryl/α,β-unsaturated/α-hetero) is 1. The number of carbonyl (C=O) groups is 1. The Hall–Kier alpha value is -0.380. The summed E-state index contributed by atoms with van der Waals surface area (Å²) >= 11 is 7.29. The molecule has 0 spiro atoms. The molecule has 106 valence electrons. The van der Waals surface area contributed by atoms with Crippen LogP contribution >= 0.6 is 22.9 Å². The van der Waals surface area contributed by atoms with E-state index in [0.717, 1.165) is 4.88 Å². The smallest absolute Gasteiger partial charge is 0.189 e. The first-order chi connectivity index (χ1) is 9.09. The predicted molar refractivity (Wildman–Crippen MR) is 82.4 cm³/mol. The van der Waals surface area contributed by atoms with Crippen molar-refractivity contribution in [1.82, 2.24) is 4.90 Å². The monoisotopic (exact) mass is 299 g/mol. The first kappa shape index (κ1) is 15.0. The first-order valence-corrected chi connectivity index (χ1v) is 8.30. The van der Waals surface area contributed by atoms with Crippen LogP contribution in [0.4, 0.5) is 0 Å². The van der Waals surface area contributed by atoms with Crippen molar-refractivity contribution < 1.29 is 4.79 Å². The third-order valence-corrected chi connectivity index (χ3v) is 5.45. The van der Waals surface area contributed by atoms with Gasteiger partial charge in [-0.3, -0.25) is 9.69 Å². The summed E-state index contributed by atoms with van der Waals surface area (Å²) in [7, 11) is 2.09. The fraction of sp³-hybridized carbons (Fsp3) is 0.667. The largest absolute Gasteiger partial charge is 0.294 e. The number of rotatable bonds is 4. The average Bonchev–Trinajstić information content (AvgIpc) is 2.68. The zero-order valence-corrected chi connectivity index (χ0v) is 13.3. The van der Waals surface area contributed by atoms with Crippen molar-refractivity contribution in [2.75, 3.05) is 7.05 Å². The number of thiophene rings is 1. The van der Waals surface area contributed by atoms with Crippen LogP contribution in [0.1, 0.15) is 55.1 Å². The van der Waals surface area contributed by atoms with Gasteiger partial charge in [-0.25, -0.2) is 0 Å². The lowest BCUT2D eigenvalue weighted by Crippen LogP contribution is -2.42. The van der Waals surface area contributed by atoms with E-state index < -0.39 is 0 Å². The van der Waals surface area contributed by atoms with Gasteiger partial charge in [-0.2, -0.15) is 0 Å². The van der Waals surface area contributed by atoms with Gasteiger partial charge in [-0.15, -0.1) is 11.3 Å². The van der Waals surface area contributed by atoms with Crippen molar-refractivity contribution >= 4 is 28.7 Å². The van der Waals surface area contributed by atoms with Crippen LogP contribution in [0.3, 0.4) is 0 Å². The van der Waals surface area contributed by atoms with Crippen LogP contribution in [-0.4, -0.2) is 29.8 Å². The minimum Gasteiger partial charge on any atom is -0.294 e. The van der Waals surface area contributed by atoms with Crippen LogP contribution in [0.25, 0.3) is 0 Å². The molecule has 1 unspecified atom stereocenters. The molecule has 0 amide bonds. The molecule has 4 heteroatoms. The molecule has 0 saturated heterocycles. The van der Waals surface area contributed by atoms with Crippen molar-refractivity contribution in [3.05, 3.63) is 21.3 Å². The van der Waals surface area contributed by atoms with E-state index in [9.17, 15) is 4.79 Å². The lowest BCUT2D eigenvalue weighted by Gasteiger charge is -2.31. The van der Waals surface area contributed by atoms with E-state index in [1.165, 1.54) is 49.9 Å². The molecule has 0 radical (unpaired) electrons. The highest BCUT2D eigenvalue weighted by atomic mass is 35.5. The highest BCUT2D eigenvalue weighted by Crippen LogP contribution is 2.26. The van der Waals surface area contributed by atoms with Gasteiger partial charge in [0, 0.05) is 6.04 Å². The standard InChI is InChI=1S/C15H22ClNOS/c1-11(15(18)13-9-10-14(16)19-13)17(2)12-7-5-3-4-6-8-12/h9-12H,3-8H2,1-2H3. The topological polar surface area (TPSA) is 20.3 Å². The van der Waals surface area contributed by atoms with E-state index in [-0.39, 0.29) is 11.8 Å². The van der Waals surface area contributed by atoms with Gasteiger partial charge in [-0.1, -0.05) is 37.3 Å². The Morgan fingerprint density at radius 2 is 1.95 bits per heavy atom. The maximum atomic E-state index is 12.4. The molecular weight excluding hydrogens is 278 g/mol. The average molecular weight is 300 g/mol. The van der Waals surface area contributed by atoms with Gasteiger partial charge in [0.15, 0.2) is 5.78 Å². The Kier molecular flexibility index (Phi) is 5.43. The van der Waals surface area contributed by atoms with Gasteiger partial charge >= 0.3 is 0 Å². The Balaban J connectivity index is 2.01. The summed E-state index contributed by atoms with van der Waals surface area (Å²) in [6.45, 7) is 2.01. The highest BCUT2D eigenvalue weighted by Gasteiger charge is 2.26. The number of likely N-dealkylation sites (N-methyl/N-ethyl adjacent to an activating group) is 1. The van der Waals surface area contributed by atoms with Crippen LogP contribution in [-0.2, 0) is 0 Å². The van der Waals surface area contributed by atoms with Crippen molar-refractivity contribution in [1.29, 1.82) is 0 Å². The molecule has 0 aromatic carbocycles. The van der Waals surface area contributed by atoms with Gasteiger partial charge in [-0.05, 0) is 38.9 Å². The fourth-order valence-electron chi connectivity index (χ4n) is 2.82. The second-order valence-corrected chi connectivity index (χ2v) is 7.17. The van der Waals surface area contributed by atoms with Crippen molar-refractivity contribution in [2.24, 2.45) is 0 Å². The zero-order valence-electron chi connectivity index (χ0n) is 11.7. The van der Waals surface area contributed by atoms with Gasteiger partial charge in [0.05, 0.1) is 15.3 Å². The van der Waals surface area contributed by atoms with Gasteiger partial charge in [0.1, 0.15) is 0 Å². The van der Waals surface area contributed by atoms with E-state index in [2.05, 4.69) is 11.9 Å². The Bertz CT molecular complexity index is 424. The molecule has 2 rings (SSSR count). The second kappa shape index (κ2) is 6.87. The SMILES string of the molecule is CC(C(=O)c1ccc(Cl)s1)N(C)C1CCCCCC1. The van der Waals surface area contributed by atoms with Gasteiger partial charge in [0.25, 0.3) is 0 Å². The molecule has 1 aliphatic carbocycles. The summed E-state index contributed by atoms with van der Waals surface area (Å²) < 4.78 is 0.688. The molecule has 0 aliphatic heterocycles. The summed E-state index contributed by atoms with van der Waals surface area (Å²) in [6, 6.07) is 4.14. The molecule has 1 atom stereocenters. The van der Waals surface area contributed by atoms with Crippen LogP contribution in [0.15, 0.2) is 12.1 Å². The summed E-state index contributed by atoms with van der Waals surface area (Å²) in [5, 5.41) is 0. The molecule has 19 heavy (non-hydrogen) atoms. The van der Waals surface area contributed by atoms with E-state index in [4.69, 9.17) is 11.6 Å². The van der Waals surface area contributed by atoms with E-state index in [1.54, 1.807) is 6.07 Å². The van der Waals surface area contributed by atoms with Crippen LogP contribution in [0.5, 0.6) is 0 Å². The molecule has 1 saturated carbocycles. The normalized spacial score (nSPS) is 19.4. The van der Waals surface area contributed by atoms with Gasteiger partial charge in [0.2, 0.25) is 0 Å². The molecule has 1 aromatic heterocycles. The number of nitrogens with zero attached hydrogens (tertiary/aromatic N) is 1. The van der Waals surface area contributed by atoms with Crippen molar-refractivity contribution in [3.63, 3.8) is 0 Å². The van der Waals surface area contributed by atoms with Gasteiger partial charge < -0.3 is 0 Å². The number of halogens is 1. The third kappa shape index (κ3) is 3.80. The predicted octanol–water partition coefficient (Wildman–Crippen LogP) is 4.63. The summed E-state index contributed by atoms with van der Waals surface area (Å²) in [4.78, 5) is 15.5. The maximum absolute atomic E-state index is 12.4. The summed E-state index contributed by atoms with van der Waals surface area (Å²) in [5.41, 5.74) is 0. The molecule has 2 nitrogen and oxygen atoms in total. The molecule has 0 N–H and O–H groups in total. The number of carbonyl (C=O) groups excluding carboxylic acids is 1. The number of hydrogen-bond acceptors (Lipinski definition) is 3. The Labute approximate surface area is 124 Å². The zero-order chi connectivity index (χ0) is 13.8. The minimum atomic E-state index is -0.0576. The number of hydrogen-bond donors (Lipinski definition) is 0. The lowest BCUT2D eigenvalue weighted by molar-refractivity contribution is 0.0806. The third-order valence-electron chi connectivity index (χ3n) is 4.21. The fourth-order valence-corrected chi connectivity index (χ4v) is 3.88. The van der Waals surface area contributed by atoms with Crippen molar-refractivity contribution in [2.45, 2.75) is 57.5 Å². The molecule has 1 heterocycles. The Morgan fingerprint density at radius 3 is 2.47 bits per heavy atom. The van der Waals surface area contributed by atoms with Crippen molar-refractivity contribution in [3.8, 4) is 0 Å². The molecule has 1 aromatic rings. The van der Waals surface area contributed by atoms with Crippen LogP contribution in [0, 0.1) is 0 Å². The lowest BCUT2D eigenvalue weighted by atomic mass is 10.0. The van der Waals surface area contributed by atoms with Crippen LogP contribution < -0.4 is 0 Å². The number of ketones is 1. The molecule has 1 fully saturated rings. The quantitative estimate of drug-likeness (QED) is 0.597. The van der Waals surface area contributed by atoms with E-state index in [1.807, 2.05) is 13.0 Å². The maximum Gasteiger partial charge on any atom is 0.189 e. The first-order valence-electron chi connectivity index (χ1n) is 7.11. The van der Waals surface area contributed by atoms with E-state index in [0.29, 0.717) is 10.4 Å².